The Bertz CT molecular complexity index is 486. The Balaban J connectivity index is 1.94. The van der Waals surface area contributed by atoms with Crippen LogP contribution in [0.1, 0.15) is 24.8 Å². The van der Waals surface area contributed by atoms with Crippen LogP contribution < -0.4 is 10.5 Å². The summed E-state index contributed by atoms with van der Waals surface area (Å²) in [6, 6.07) is 7.60. The van der Waals surface area contributed by atoms with E-state index < -0.39 is 0 Å². The van der Waals surface area contributed by atoms with Crippen LogP contribution in [0.25, 0.3) is 0 Å². The Morgan fingerprint density at radius 2 is 2.16 bits per heavy atom. The van der Waals surface area contributed by atoms with E-state index in [1.807, 2.05) is 19.2 Å². The van der Waals surface area contributed by atoms with Crippen LogP contribution in [0.15, 0.2) is 24.3 Å². The third kappa shape index (κ3) is 3.23. The molecule has 1 aliphatic carbocycles. The first-order valence-corrected chi connectivity index (χ1v) is 6.77. The van der Waals surface area contributed by atoms with Crippen molar-refractivity contribution >= 4 is 23.1 Å². The molecule has 1 aromatic carbocycles. The lowest BCUT2D eigenvalue weighted by Gasteiger charge is -2.34. The summed E-state index contributed by atoms with van der Waals surface area (Å²) in [7, 11) is 1.83. The quantitative estimate of drug-likeness (QED) is 0.833. The van der Waals surface area contributed by atoms with Gasteiger partial charge in [0, 0.05) is 13.1 Å². The summed E-state index contributed by atoms with van der Waals surface area (Å²) < 4.78 is 5.54. The zero-order chi connectivity index (χ0) is 13.8. The van der Waals surface area contributed by atoms with Gasteiger partial charge >= 0.3 is 0 Å². The first-order chi connectivity index (χ1) is 9.09. The van der Waals surface area contributed by atoms with Gasteiger partial charge in [-0.15, -0.1) is 0 Å². The minimum Gasteiger partial charge on any atom is -0.483 e. The van der Waals surface area contributed by atoms with Crippen molar-refractivity contribution in [2.45, 2.75) is 25.3 Å². The maximum Gasteiger partial charge on any atom is 0.260 e. The Kier molecular flexibility index (Phi) is 4.37. The topological polar surface area (TPSA) is 55.6 Å². The highest BCUT2D eigenvalue weighted by Gasteiger charge is 2.25. The molecule has 1 fully saturated rings. The highest BCUT2D eigenvalue weighted by atomic mass is 32.1. The largest absolute Gasteiger partial charge is 0.483 e. The van der Waals surface area contributed by atoms with Crippen molar-refractivity contribution in [3.63, 3.8) is 0 Å². The molecule has 1 saturated carbocycles. The third-order valence-electron chi connectivity index (χ3n) is 3.52. The van der Waals surface area contributed by atoms with E-state index >= 15 is 0 Å². The van der Waals surface area contributed by atoms with Crippen molar-refractivity contribution in [2.75, 3.05) is 13.7 Å². The van der Waals surface area contributed by atoms with Gasteiger partial charge in [-0.3, -0.25) is 4.79 Å². The molecular weight excluding hydrogens is 260 g/mol. The molecule has 0 radical (unpaired) electrons. The number of thiocarbonyl (C=S) groups is 1. The Morgan fingerprint density at radius 1 is 1.47 bits per heavy atom. The van der Waals surface area contributed by atoms with E-state index in [1.165, 1.54) is 6.42 Å². The van der Waals surface area contributed by atoms with E-state index in [0.717, 1.165) is 12.8 Å². The first kappa shape index (κ1) is 13.8. The number of rotatable bonds is 5. The number of para-hydroxylation sites is 1. The van der Waals surface area contributed by atoms with Gasteiger partial charge in [0.25, 0.3) is 5.91 Å². The molecule has 0 aromatic heterocycles. The lowest BCUT2D eigenvalue weighted by atomic mass is 9.92. The fourth-order valence-corrected chi connectivity index (χ4v) is 2.18. The molecule has 0 unspecified atom stereocenters. The molecule has 19 heavy (non-hydrogen) atoms. The lowest BCUT2D eigenvalue weighted by Crippen LogP contribution is -2.43. The first-order valence-electron chi connectivity index (χ1n) is 6.37. The summed E-state index contributed by atoms with van der Waals surface area (Å²) in [5.74, 6) is 0.549. The van der Waals surface area contributed by atoms with E-state index in [2.05, 4.69) is 0 Å². The maximum atomic E-state index is 12.0. The molecule has 0 heterocycles. The van der Waals surface area contributed by atoms with Crippen LogP contribution >= 0.6 is 12.2 Å². The van der Waals surface area contributed by atoms with Gasteiger partial charge in [0.15, 0.2) is 6.61 Å². The van der Waals surface area contributed by atoms with Crippen LogP contribution in [0, 0.1) is 0 Å². The van der Waals surface area contributed by atoms with E-state index in [1.54, 1.807) is 17.0 Å². The second kappa shape index (κ2) is 6.02. The van der Waals surface area contributed by atoms with E-state index in [0.29, 0.717) is 17.4 Å². The number of carbonyl (C=O) groups excluding carboxylic acids is 1. The van der Waals surface area contributed by atoms with Crippen LogP contribution in [0.5, 0.6) is 5.75 Å². The van der Waals surface area contributed by atoms with Gasteiger partial charge in [0.2, 0.25) is 0 Å². The van der Waals surface area contributed by atoms with Gasteiger partial charge in [-0.25, -0.2) is 0 Å². The number of amides is 1. The van der Waals surface area contributed by atoms with Crippen molar-refractivity contribution in [1.29, 1.82) is 0 Å². The second-order valence-electron chi connectivity index (χ2n) is 4.74. The Morgan fingerprint density at radius 3 is 2.74 bits per heavy atom. The molecule has 5 heteroatoms. The monoisotopic (exact) mass is 278 g/mol. The molecule has 2 N–H and O–H groups in total. The van der Waals surface area contributed by atoms with Gasteiger partial charge in [-0.05, 0) is 31.4 Å². The van der Waals surface area contributed by atoms with E-state index in [9.17, 15) is 4.79 Å². The summed E-state index contributed by atoms with van der Waals surface area (Å²) in [5, 5.41) is 0. The van der Waals surface area contributed by atoms with Crippen molar-refractivity contribution < 1.29 is 9.53 Å². The Hall–Kier alpha value is -1.62. The highest BCUT2D eigenvalue weighted by molar-refractivity contribution is 7.80. The van der Waals surface area contributed by atoms with Gasteiger partial charge in [-0.2, -0.15) is 0 Å². The molecule has 0 spiro atoms. The predicted molar refractivity (Wildman–Crippen MR) is 78.2 cm³/mol. The summed E-state index contributed by atoms with van der Waals surface area (Å²) in [6.45, 7) is 0.0205. The number of ether oxygens (including phenoxy) is 1. The Labute approximate surface area is 118 Å². The molecule has 0 bridgehead atoms. The molecule has 0 aliphatic heterocycles. The summed E-state index contributed by atoms with van der Waals surface area (Å²) >= 11 is 4.95. The maximum absolute atomic E-state index is 12.0. The van der Waals surface area contributed by atoms with Crippen LogP contribution in [0.4, 0.5) is 0 Å². The lowest BCUT2D eigenvalue weighted by molar-refractivity contribution is -0.135. The number of hydrogen-bond acceptors (Lipinski definition) is 3. The van der Waals surface area contributed by atoms with Crippen LogP contribution in [-0.4, -0.2) is 35.5 Å². The van der Waals surface area contributed by atoms with Crippen LogP contribution in [-0.2, 0) is 4.79 Å². The smallest absolute Gasteiger partial charge is 0.260 e. The summed E-state index contributed by atoms with van der Waals surface area (Å²) in [5.41, 5.74) is 6.28. The van der Waals surface area contributed by atoms with Crippen LogP contribution in [0.2, 0.25) is 0 Å². The van der Waals surface area contributed by atoms with Crippen LogP contribution in [0.3, 0.4) is 0 Å². The average molecular weight is 278 g/mol. The minimum atomic E-state index is -0.0116. The molecule has 1 amide bonds. The van der Waals surface area contributed by atoms with Crippen molar-refractivity contribution in [1.82, 2.24) is 4.90 Å². The number of likely N-dealkylation sites (N-methyl/N-ethyl adjacent to an activating group) is 1. The molecule has 1 aromatic rings. The molecule has 4 nitrogen and oxygen atoms in total. The van der Waals surface area contributed by atoms with Gasteiger partial charge < -0.3 is 15.4 Å². The van der Waals surface area contributed by atoms with Crippen molar-refractivity contribution in [2.24, 2.45) is 5.73 Å². The van der Waals surface area contributed by atoms with E-state index in [4.69, 9.17) is 22.7 Å². The zero-order valence-corrected chi connectivity index (χ0v) is 11.8. The number of carbonyl (C=O) groups is 1. The molecule has 102 valence electrons. The third-order valence-corrected chi connectivity index (χ3v) is 3.74. The van der Waals surface area contributed by atoms with Crippen molar-refractivity contribution in [3.8, 4) is 5.75 Å². The van der Waals surface area contributed by atoms with Gasteiger partial charge in [0.05, 0.1) is 5.56 Å². The fraction of sp³-hybridized carbons (Fsp3) is 0.429. The number of hydrogen-bond donors (Lipinski definition) is 1. The number of benzene rings is 1. The van der Waals surface area contributed by atoms with Gasteiger partial charge in [0.1, 0.15) is 10.7 Å². The molecular formula is C14H18N2O2S. The normalized spacial score (nSPS) is 14.6. The van der Waals surface area contributed by atoms with Crippen molar-refractivity contribution in [3.05, 3.63) is 29.8 Å². The average Bonchev–Trinajstić information content (AvgIpc) is 2.34. The SMILES string of the molecule is CN(C(=O)COc1ccccc1C(N)=S)C1CCC1. The molecule has 2 rings (SSSR count). The second-order valence-corrected chi connectivity index (χ2v) is 5.18. The zero-order valence-electron chi connectivity index (χ0n) is 11.0. The predicted octanol–water partition coefficient (Wildman–Crippen LogP) is 1.71. The number of nitrogens with zero attached hydrogens (tertiary/aromatic N) is 1. The molecule has 0 atom stereocenters. The van der Waals surface area contributed by atoms with E-state index in [-0.39, 0.29) is 17.5 Å². The summed E-state index contributed by atoms with van der Waals surface area (Å²) in [6.07, 6.45) is 3.38. The standard InChI is InChI=1S/C14H18N2O2S/c1-16(10-5-4-6-10)13(17)9-18-12-8-3-2-7-11(12)14(15)19/h2-3,7-8,10H,4-6,9H2,1H3,(H2,15,19). The highest BCUT2D eigenvalue weighted by Crippen LogP contribution is 2.24. The number of nitrogens with two attached hydrogens (primary N) is 1. The fourth-order valence-electron chi connectivity index (χ4n) is 2.02. The molecule has 1 aliphatic rings. The molecule has 0 saturated heterocycles. The van der Waals surface area contributed by atoms with Gasteiger partial charge in [-0.1, -0.05) is 24.4 Å². The minimum absolute atomic E-state index is 0.0116. The summed E-state index contributed by atoms with van der Waals surface area (Å²) in [4.78, 5) is 14.0.